The van der Waals surface area contributed by atoms with Gasteiger partial charge < -0.3 is 14.6 Å². The lowest BCUT2D eigenvalue weighted by molar-refractivity contribution is 0.0606. The molecule has 0 saturated heterocycles. The Bertz CT molecular complexity index is 1370. The van der Waals surface area contributed by atoms with Gasteiger partial charge in [0.2, 0.25) is 5.43 Å². The molecule has 2 heterocycles. The zero-order valence-electron chi connectivity index (χ0n) is 16.8. The minimum absolute atomic E-state index is 0.0932. The number of anilines is 1. The van der Waals surface area contributed by atoms with Crippen LogP contribution in [0.2, 0.25) is 0 Å². The molecule has 7 heteroatoms. The number of rotatable bonds is 4. The maximum absolute atomic E-state index is 13.0. The van der Waals surface area contributed by atoms with E-state index < -0.39 is 11.9 Å². The Morgan fingerprint density at radius 3 is 2.67 bits per heavy atom. The summed E-state index contributed by atoms with van der Waals surface area (Å²) in [6.07, 6.45) is 1.60. The molecule has 0 radical (unpaired) electrons. The number of aromatic nitrogens is 1. The Morgan fingerprint density at radius 1 is 1.13 bits per heavy atom. The van der Waals surface area contributed by atoms with Crippen LogP contribution in [-0.4, -0.2) is 23.6 Å². The summed E-state index contributed by atoms with van der Waals surface area (Å²) in [4.78, 5) is 38.1. The smallest absolute Gasteiger partial charge is 0.348 e. The number of fused-ring (bicyclic) bond motifs is 2. The number of ether oxygens (including phenoxy) is 1. The summed E-state index contributed by atoms with van der Waals surface area (Å²) >= 11 is 1.32. The number of benzene rings is 2. The van der Waals surface area contributed by atoms with Gasteiger partial charge in [0, 0.05) is 28.5 Å². The fourth-order valence-corrected chi connectivity index (χ4v) is 4.42. The van der Waals surface area contributed by atoms with Crippen molar-refractivity contribution < 1.29 is 14.3 Å². The van der Waals surface area contributed by atoms with Crippen molar-refractivity contribution in [1.29, 1.82) is 0 Å². The van der Waals surface area contributed by atoms with Gasteiger partial charge in [0.25, 0.3) is 5.91 Å². The lowest BCUT2D eigenvalue weighted by Gasteiger charge is -2.12. The highest BCUT2D eigenvalue weighted by molar-refractivity contribution is 7.20. The summed E-state index contributed by atoms with van der Waals surface area (Å²) in [6, 6.07) is 12.8. The van der Waals surface area contributed by atoms with Crippen LogP contribution in [0.4, 0.5) is 5.69 Å². The molecule has 0 fully saturated rings. The van der Waals surface area contributed by atoms with Crippen LogP contribution in [0.15, 0.2) is 53.5 Å². The highest BCUT2D eigenvalue weighted by atomic mass is 32.1. The molecule has 4 rings (SSSR count). The number of hydrogen-bond donors (Lipinski definition) is 1. The van der Waals surface area contributed by atoms with Crippen molar-refractivity contribution in [1.82, 2.24) is 4.57 Å². The van der Waals surface area contributed by atoms with Crippen LogP contribution in [0.5, 0.6) is 0 Å². The number of thiophene rings is 1. The van der Waals surface area contributed by atoms with Crippen molar-refractivity contribution in [2.24, 2.45) is 0 Å². The molecule has 0 saturated carbocycles. The molecular formula is C23H20N2O4S. The molecule has 6 nitrogen and oxygen atoms in total. The first-order valence-electron chi connectivity index (χ1n) is 9.48. The standard InChI is InChI=1S/C23H20N2O4S/c1-4-25-12-17(21(26)16-9-13(2)5-7-18(16)25)22(27)24-15-6-8-19-14(10-15)11-20(30-19)23(28)29-3/h5-12H,4H2,1-3H3,(H,24,27). The van der Waals surface area contributed by atoms with E-state index in [1.807, 2.05) is 42.7 Å². The van der Waals surface area contributed by atoms with Gasteiger partial charge in [-0.2, -0.15) is 0 Å². The minimum atomic E-state index is -0.464. The Labute approximate surface area is 176 Å². The fraction of sp³-hybridized carbons (Fsp3) is 0.174. The van der Waals surface area contributed by atoms with E-state index in [4.69, 9.17) is 4.74 Å². The van der Waals surface area contributed by atoms with Gasteiger partial charge in [-0.05, 0) is 55.6 Å². The average molecular weight is 420 g/mol. The van der Waals surface area contributed by atoms with Crippen LogP contribution in [0.25, 0.3) is 21.0 Å². The molecule has 0 bridgehead atoms. The van der Waals surface area contributed by atoms with E-state index in [1.54, 1.807) is 24.4 Å². The Balaban J connectivity index is 1.71. The first kappa shape index (κ1) is 19.8. The number of nitrogens with one attached hydrogen (secondary N) is 1. The van der Waals surface area contributed by atoms with Gasteiger partial charge >= 0.3 is 5.97 Å². The topological polar surface area (TPSA) is 77.4 Å². The highest BCUT2D eigenvalue weighted by Gasteiger charge is 2.16. The summed E-state index contributed by atoms with van der Waals surface area (Å²) in [5, 5.41) is 4.16. The quantitative estimate of drug-likeness (QED) is 0.490. The van der Waals surface area contributed by atoms with E-state index >= 15 is 0 Å². The number of amides is 1. The van der Waals surface area contributed by atoms with E-state index in [2.05, 4.69) is 5.32 Å². The summed E-state index contributed by atoms with van der Waals surface area (Å²) in [5.41, 5.74) is 2.12. The second-order valence-corrected chi connectivity index (χ2v) is 8.07. The first-order valence-corrected chi connectivity index (χ1v) is 10.3. The molecule has 30 heavy (non-hydrogen) atoms. The van der Waals surface area contributed by atoms with Crippen LogP contribution >= 0.6 is 11.3 Å². The predicted octanol–water partition coefficient (Wildman–Crippen LogP) is 4.58. The second kappa shape index (κ2) is 7.76. The summed E-state index contributed by atoms with van der Waals surface area (Å²) < 4.78 is 7.57. The van der Waals surface area contributed by atoms with Crippen LogP contribution in [0.1, 0.15) is 32.5 Å². The number of esters is 1. The second-order valence-electron chi connectivity index (χ2n) is 6.99. The van der Waals surface area contributed by atoms with E-state index in [-0.39, 0.29) is 11.0 Å². The molecule has 2 aromatic carbocycles. The molecule has 0 aliphatic carbocycles. The first-order chi connectivity index (χ1) is 14.4. The van der Waals surface area contributed by atoms with Gasteiger partial charge in [-0.15, -0.1) is 11.3 Å². The molecule has 0 unspecified atom stereocenters. The van der Waals surface area contributed by atoms with E-state index in [1.165, 1.54) is 18.4 Å². The monoisotopic (exact) mass is 420 g/mol. The van der Waals surface area contributed by atoms with Crippen LogP contribution < -0.4 is 10.7 Å². The molecule has 0 aliphatic rings. The average Bonchev–Trinajstić information content (AvgIpc) is 3.17. The van der Waals surface area contributed by atoms with E-state index in [0.29, 0.717) is 22.5 Å². The van der Waals surface area contributed by atoms with Crippen molar-refractivity contribution >= 4 is 49.9 Å². The van der Waals surface area contributed by atoms with Gasteiger partial charge in [0.05, 0.1) is 12.6 Å². The summed E-state index contributed by atoms with van der Waals surface area (Å²) in [5.74, 6) is -0.860. The Kier molecular flexibility index (Phi) is 5.13. The normalized spacial score (nSPS) is 11.0. The zero-order valence-corrected chi connectivity index (χ0v) is 17.6. The van der Waals surface area contributed by atoms with Crippen molar-refractivity contribution in [2.45, 2.75) is 20.4 Å². The summed E-state index contributed by atoms with van der Waals surface area (Å²) in [6.45, 7) is 4.52. The van der Waals surface area contributed by atoms with Crippen molar-refractivity contribution in [3.05, 3.63) is 74.9 Å². The number of aryl methyl sites for hydroxylation is 2. The van der Waals surface area contributed by atoms with E-state index in [0.717, 1.165) is 21.2 Å². The van der Waals surface area contributed by atoms with E-state index in [9.17, 15) is 14.4 Å². The molecule has 152 valence electrons. The SMILES string of the molecule is CCn1cc(C(=O)Nc2ccc3sc(C(=O)OC)cc3c2)c(=O)c2cc(C)ccc21. The molecular weight excluding hydrogens is 400 g/mol. The maximum Gasteiger partial charge on any atom is 0.348 e. The molecule has 1 N–H and O–H groups in total. The third kappa shape index (κ3) is 3.48. The maximum atomic E-state index is 13.0. The third-order valence-corrected chi connectivity index (χ3v) is 6.08. The molecule has 0 spiro atoms. The Hall–Kier alpha value is -3.45. The third-order valence-electron chi connectivity index (χ3n) is 4.98. The zero-order chi connectivity index (χ0) is 21.4. The van der Waals surface area contributed by atoms with Gasteiger partial charge in [0.15, 0.2) is 0 Å². The number of methoxy groups -OCH3 is 1. The molecule has 0 aliphatic heterocycles. The predicted molar refractivity (Wildman–Crippen MR) is 120 cm³/mol. The lowest BCUT2D eigenvalue weighted by atomic mass is 10.1. The van der Waals surface area contributed by atoms with Crippen molar-refractivity contribution in [2.75, 3.05) is 12.4 Å². The van der Waals surface area contributed by atoms with Gasteiger partial charge in [-0.3, -0.25) is 9.59 Å². The molecule has 1 amide bonds. The minimum Gasteiger partial charge on any atom is -0.465 e. The van der Waals surface area contributed by atoms with Gasteiger partial charge in [-0.25, -0.2) is 4.79 Å². The lowest BCUT2D eigenvalue weighted by Crippen LogP contribution is -2.24. The highest BCUT2D eigenvalue weighted by Crippen LogP contribution is 2.28. The fourth-order valence-electron chi connectivity index (χ4n) is 3.46. The number of carbonyl (C=O) groups is 2. The van der Waals surface area contributed by atoms with Gasteiger partial charge in [0.1, 0.15) is 10.4 Å². The number of carbonyl (C=O) groups excluding carboxylic acids is 2. The molecule has 0 atom stereocenters. The van der Waals surface area contributed by atoms with Crippen molar-refractivity contribution in [3.63, 3.8) is 0 Å². The van der Waals surface area contributed by atoms with Crippen LogP contribution in [0, 0.1) is 6.92 Å². The summed E-state index contributed by atoms with van der Waals surface area (Å²) in [7, 11) is 1.34. The number of pyridine rings is 1. The van der Waals surface area contributed by atoms with Gasteiger partial charge in [-0.1, -0.05) is 11.6 Å². The molecule has 4 aromatic rings. The largest absolute Gasteiger partial charge is 0.465 e. The van der Waals surface area contributed by atoms with Crippen LogP contribution in [-0.2, 0) is 11.3 Å². The Morgan fingerprint density at radius 2 is 1.93 bits per heavy atom. The molecule has 2 aromatic heterocycles. The van der Waals surface area contributed by atoms with Crippen molar-refractivity contribution in [3.8, 4) is 0 Å². The van der Waals surface area contributed by atoms with Crippen LogP contribution in [0.3, 0.4) is 0 Å². The number of nitrogens with zero attached hydrogens (tertiary/aromatic N) is 1. The number of hydrogen-bond acceptors (Lipinski definition) is 5.